The molecule has 0 amide bonds. The summed E-state index contributed by atoms with van der Waals surface area (Å²) in [5, 5.41) is 0. The van der Waals surface area contributed by atoms with Gasteiger partial charge in [-0.1, -0.05) is 12.1 Å². The molecule has 0 atom stereocenters. The van der Waals surface area contributed by atoms with Gasteiger partial charge in [0.25, 0.3) is 0 Å². The topological polar surface area (TPSA) is 35.5 Å². The molecule has 0 aromatic heterocycles. The van der Waals surface area contributed by atoms with E-state index in [1.54, 1.807) is 7.11 Å². The van der Waals surface area contributed by atoms with Gasteiger partial charge in [-0.2, -0.15) is 0 Å². The maximum absolute atomic E-state index is 11.2. The number of esters is 1. The van der Waals surface area contributed by atoms with Gasteiger partial charge in [0.2, 0.25) is 0 Å². The molecule has 0 aliphatic heterocycles. The van der Waals surface area contributed by atoms with E-state index in [9.17, 15) is 4.79 Å². The van der Waals surface area contributed by atoms with Crippen LogP contribution in [0.4, 0.5) is 0 Å². The number of benzene rings is 1. The highest BCUT2D eigenvalue weighted by molar-refractivity contribution is 5.69. The third kappa shape index (κ3) is 4.47. The SMILES string of the molecule is CCOC(=O)CCCc1ccc(C)c(OC)c1. The van der Waals surface area contributed by atoms with Gasteiger partial charge in [0.1, 0.15) is 5.75 Å². The lowest BCUT2D eigenvalue weighted by atomic mass is 10.1. The standard InChI is InChI=1S/C14H20O3/c1-4-17-14(15)7-5-6-12-9-8-11(2)13(10-12)16-3/h8-10H,4-7H2,1-3H3. The minimum absolute atomic E-state index is 0.119. The van der Waals surface area contributed by atoms with Crippen molar-refractivity contribution in [2.45, 2.75) is 33.1 Å². The van der Waals surface area contributed by atoms with Crippen molar-refractivity contribution in [3.63, 3.8) is 0 Å². The first kappa shape index (κ1) is 13.6. The number of rotatable bonds is 6. The summed E-state index contributed by atoms with van der Waals surface area (Å²) in [6.07, 6.45) is 2.16. The lowest BCUT2D eigenvalue weighted by molar-refractivity contribution is -0.143. The summed E-state index contributed by atoms with van der Waals surface area (Å²) in [7, 11) is 1.67. The molecule has 3 nitrogen and oxygen atoms in total. The zero-order valence-electron chi connectivity index (χ0n) is 10.8. The van der Waals surface area contributed by atoms with Gasteiger partial charge >= 0.3 is 5.97 Å². The van der Waals surface area contributed by atoms with E-state index in [1.165, 1.54) is 5.56 Å². The lowest BCUT2D eigenvalue weighted by Crippen LogP contribution is -2.04. The average Bonchev–Trinajstić information content (AvgIpc) is 2.31. The molecule has 0 heterocycles. The van der Waals surface area contributed by atoms with Crippen LogP contribution in [0.25, 0.3) is 0 Å². The molecule has 3 heteroatoms. The van der Waals surface area contributed by atoms with E-state index in [4.69, 9.17) is 9.47 Å². The molecule has 1 aromatic carbocycles. The Hall–Kier alpha value is -1.51. The zero-order chi connectivity index (χ0) is 12.7. The van der Waals surface area contributed by atoms with E-state index in [-0.39, 0.29) is 5.97 Å². The van der Waals surface area contributed by atoms with E-state index in [2.05, 4.69) is 6.07 Å². The van der Waals surface area contributed by atoms with E-state index < -0.39 is 0 Å². The molecule has 0 unspecified atom stereocenters. The normalized spacial score (nSPS) is 10.1. The van der Waals surface area contributed by atoms with E-state index >= 15 is 0 Å². The van der Waals surface area contributed by atoms with E-state index in [0.29, 0.717) is 13.0 Å². The minimum Gasteiger partial charge on any atom is -0.496 e. The molecule has 0 fully saturated rings. The molecule has 1 aromatic rings. The molecular formula is C14H20O3. The highest BCUT2D eigenvalue weighted by atomic mass is 16.5. The summed E-state index contributed by atoms with van der Waals surface area (Å²) in [5.41, 5.74) is 2.32. The van der Waals surface area contributed by atoms with Gasteiger partial charge in [0.05, 0.1) is 13.7 Å². The summed E-state index contributed by atoms with van der Waals surface area (Å²) in [5.74, 6) is 0.783. The predicted octanol–water partition coefficient (Wildman–Crippen LogP) is 2.89. The molecule has 17 heavy (non-hydrogen) atoms. The van der Waals surface area contributed by atoms with Crippen LogP contribution in [-0.4, -0.2) is 19.7 Å². The van der Waals surface area contributed by atoms with Crippen LogP contribution in [-0.2, 0) is 16.0 Å². The first-order valence-corrected chi connectivity index (χ1v) is 5.96. The number of hydrogen-bond acceptors (Lipinski definition) is 3. The van der Waals surface area contributed by atoms with Gasteiger partial charge in [-0.25, -0.2) is 0 Å². The first-order chi connectivity index (χ1) is 8.17. The second-order valence-electron chi connectivity index (χ2n) is 3.96. The number of aryl methyl sites for hydroxylation is 2. The number of carbonyl (C=O) groups is 1. The third-order valence-corrected chi connectivity index (χ3v) is 2.62. The molecule has 0 N–H and O–H groups in total. The van der Waals surface area contributed by atoms with Crippen LogP contribution in [0.15, 0.2) is 18.2 Å². The van der Waals surface area contributed by atoms with Crippen molar-refractivity contribution in [3.05, 3.63) is 29.3 Å². The molecule has 0 aliphatic rings. The minimum atomic E-state index is -0.119. The Morgan fingerprint density at radius 3 is 2.76 bits per heavy atom. The molecule has 1 rings (SSSR count). The van der Waals surface area contributed by atoms with Crippen LogP contribution in [0.1, 0.15) is 30.9 Å². The Labute approximate surface area is 103 Å². The van der Waals surface area contributed by atoms with E-state index in [0.717, 1.165) is 24.2 Å². The van der Waals surface area contributed by atoms with Crippen molar-refractivity contribution in [2.75, 3.05) is 13.7 Å². The van der Waals surface area contributed by atoms with Crippen molar-refractivity contribution >= 4 is 5.97 Å². The van der Waals surface area contributed by atoms with Gasteiger partial charge in [-0.05, 0) is 43.9 Å². The van der Waals surface area contributed by atoms with Crippen LogP contribution >= 0.6 is 0 Å². The fourth-order valence-electron chi connectivity index (χ4n) is 1.69. The zero-order valence-corrected chi connectivity index (χ0v) is 10.8. The summed E-state index contributed by atoms with van der Waals surface area (Å²) in [6, 6.07) is 6.14. The maximum Gasteiger partial charge on any atom is 0.305 e. The second-order valence-corrected chi connectivity index (χ2v) is 3.96. The van der Waals surface area contributed by atoms with Crippen LogP contribution in [0, 0.1) is 6.92 Å². The monoisotopic (exact) mass is 236 g/mol. The molecule has 94 valence electrons. The Kier molecular flexibility index (Phi) is 5.53. The largest absolute Gasteiger partial charge is 0.496 e. The highest BCUT2D eigenvalue weighted by Gasteiger charge is 2.03. The lowest BCUT2D eigenvalue weighted by Gasteiger charge is -2.07. The van der Waals surface area contributed by atoms with Gasteiger partial charge in [0, 0.05) is 6.42 Å². The number of hydrogen-bond donors (Lipinski definition) is 0. The Morgan fingerprint density at radius 2 is 2.12 bits per heavy atom. The van der Waals surface area contributed by atoms with Gasteiger partial charge in [-0.15, -0.1) is 0 Å². The second kappa shape index (κ2) is 6.94. The molecule has 0 bridgehead atoms. The Balaban J connectivity index is 2.44. The van der Waals surface area contributed by atoms with Crippen molar-refractivity contribution in [2.24, 2.45) is 0 Å². The van der Waals surface area contributed by atoms with Gasteiger partial charge in [-0.3, -0.25) is 4.79 Å². The molecule has 0 aliphatic carbocycles. The molecule has 0 spiro atoms. The van der Waals surface area contributed by atoms with Crippen molar-refractivity contribution in [1.82, 2.24) is 0 Å². The van der Waals surface area contributed by atoms with Crippen LogP contribution < -0.4 is 4.74 Å². The molecular weight excluding hydrogens is 216 g/mol. The van der Waals surface area contributed by atoms with Crippen molar-refractivity contribution in [3.8, 4) is 5.75 Å². The maximum atomic E-state index is 11.2. The third-order valence-electron chi connectivity index (χ3n) is 2.62. The number of carbonyl (C=O) groups excluding carboxylic acids is 1. The Morgan fingerprint density at radius 1 is 1.35 bits per heavy atom. The van der Waals surface area contributed by atoms with Crippen LogP contribution in [0.2, 0.25) is 0 Å². The average molecular weight is 236 g/mol. The predicted molar refractivity (Wildman–Crippen MR) is 67.3 cm³/mol. The molecule has 0 saturated carbocycles. The van der Waals surface area contributed by atoms with E-state index in [1.807, 2.05) is 26.0 Å². The van der Waals surface area contributed by atoms with Crippen LogP contribution in [0.5, 0.6) is 5.75 Å². The summed E-state index contributed by atoms with van der Waals surface area (Å²) in [4.78, 5) is 11.2. The molecule has 0 radical (unpaired) electrons. The quantitative estimate of drug-likeness (QED) is 0.712. The number of methoxy groups -OCH3 is 1. The summed E-state index contributed by atoms with van der Waals surface area (Å²) < 4.78 is 10.1. The summed E-state index contributed by atoms with van der Waals surface area (Å²) in [6.45, 7) is 4.29. The van der Waals surface area contributed by atoms with Gasteiger partial charge in [0.15, 0.2) is 0 Å². The first-order valence-electron chi connectivity index (χ1n) is 5.96. The number of ether oxygens (including phenoxy) is 2. The highest BCUT2D eigenvalue weighted by Crippen LogP contribution is 2.20. The van der Waals surface area contributed by atoms with Crippen molar-refractivity contribution < 1.29 is 14.3 Å². The van der Waals surface area contributed by atoms with Crippen LogP contribution in [0.3, 0.4) is 0 Å². The summed E-state index contributed by atoms with van der Waals surface area (Å²) >= 11 is 0. The molecule has 0 saturated heterocycles. The van der Waals surface area contributed by atoms with Gasteiger partial charge < -0.3 is 9.47 Å². The fourth-order valence-corrected chi connectivity index (χ4v) is 1.69. The smallest absolute Gasteiger partial charge is 0.305 e. The fraction of sp³-hybridized carbons (Fsp3) is 0.500. The Bertz CT molecular complexity index is 372. The van der Waals surface area contributed by atoms with Crippen molar-refractivity contribution in [1.29, 1.82) is 0 Å².